The first-order valence-corrected chi connectivity index (χ1v) is 7.64. The van der Waals surface area contributed by atoms with E-state index in [1.807, 2.05) is 6.07 Å². The molecular formula is C17H27NO2. The van der Waals surface area contributed by atoms with E-state index in [2.05, 4.69) is 30.9 Å². The number of rotatable bonds is 5. The highest BCUT2D eigenvalue weighted by Gasteiger charge is 2.32. The van der Waals surface area contributed by atoms with Crippen LogP contribution in [0, 0.1) is 6.92 Å². The number of aryl methyl sites for hydroxylation is 1. The Labute approximate surface area is 122 Å². The van der Waals surface area contributed by atoms with Crippen LogP contribution in [0.3, 0.4) is 0 Å². The number of ether oxygens (including phenoxy) is 1. The molecule has 2 rings (SSSR count). The molecule has 20 heavy (non-hydrogen) atoms. The summed E-state index contributed by atoms with van der Waals surface area (Å²) in [5.74, 6) is 0.889. The average molecular weight is 277 g/mol. The Hall–Kier alpha value is -1.06. The molecule has 1 heterocycles. The first-order chi connectivity index (χ1) is 9.56. The van der Waals surface area contributed by atoms with Crippen LogP contribution in [-0.4, -0.2) is 42.4 Å². The number of nitrogens with zero attached hydrogens (tertiary/aromatic N) is 1. The van der Waals surface area contributed by atoms with Gasteiger partial charge in [-0.05, 0) is 44.4 Å². The van der Waals surface area contributed by atoms with Gasteiger partial charge in [0.15, 0.2) is 0 Å². The Bertz CT molecular complexity index is 437. The van der Waals surface area contributed by atoms with Gasteiger partial charge in [0.25, 0.3) is 0 Å². The maximum atomic E-state index is 10.8. The molecule has 1 aromatic rings. The molecule has 1 aliphatic heterocycles. The van der Waals surface area contributed by atoms with Gasteiger partial charge in [-0.15, -0.1) is 0 Å². The smallest absolute Gasteiger partial charge is 0.122 e. The molecule has 0 bridgehead atoms. The van der Waals surface area contributed by atoms with Crippen molar-refractivity contribution >= 4 is 0 Å². The van der Waals surface area contributed by atoms with Crippen molar-refractivity contribution in [2.45, 2.75) is 45.1 Å². The van der Waals surface area contributed by atoms with Crippen molar-refractivity contribution in [2.24, 2.45) is 0 Å². The highest BCUT2D eigenvalue weighted by Crippen LogP contribution is 2.30. The summed E-state index contributed by atoms with van der Waals surface area (Å²) in [5, 5.41) is 10.8. The number of methoxy groups -OCH3 is 1. The summed E-state index contributed by atoms with van der Waals surface area (Å²) in [4.78, 5) is 2.45. The zero-order chi connectivity index (χ0) is 14.6. The summed E-state index contributed by atoms with van der Waals surface area (Å²) >= 11 is 0. The predicted octanol–water partition coefficient (Wildman–Crippen LogP) is 2.78. The van der Waals surface area contributed by atoms with Crippen LogP contribution in [-0.2, 0) is 6.42 Å². The number of benzene rings is 1. The van der Waals surface area contributed by atoms with Crippen LogP contribution in [0.2, 0.25) is 0 Å². The van der Waals surface area contributed by atoms with Gasteiger partial charge < -0.3 is 14.7 Å². The fraction of sp³-hybridized carbons (Fsp3) is 0.647. The fourth-order valence-electron chi connectivity index (χ4n) is 3.09. The van der Waals surface area contributed by atoms with Gasteiger partial charge >= 0.3 is 0 Å². The van der Waals surface area contributed by atoms with Crippen molar-refractivity contribution in [1.29, 1.82) is 0 Å². The molecule has 1 aliphatic rings. The standard InChI is InChI=1S/C17H27NO2/c1-4-9-18-10-7-17(19,8-11-18)13-15-12-14(2)5-6-16(15)20-3/h5-6,12,19H,4,7-11,13H2,1-3H3. The summed E-state index contributed by atoms with van der Waals surface area (Å²) < 4.78 is 5.43. The lowest BCUT2D eigenvalue weighted by atomic mass is 9.84. The number of piperidine rings is 1. The maximum absolute atomic E-state index is 10.8. The summed E-state index contributed by atoms with van der Waals surface area (Å²) in [7, 11) is 1.70. The molecule has 0 aromatic heterocycles. The van der Waals surface area contributed by atoms with Crippen molar-refractivity contribution in [3.63, 3.8) is 0 Å². The molecule has 0 radical (unpaired) electrons. The van der Waals surface area contributed by atoms with Crippen molar-refractivity contribution < 1.29 is 9.84 Å². The lowest BCUT2D eigenvalue weighted by Crippen LogP contribution is -2.45. The molecule has 0 amide bonds. The Morgan fingerprint density at radius 1 is 1.30 bits per heavy atom. The number of likely N-dealkylation sites (tertiary alicyclic amines) is 1. The third-order valence-electron chi connectivity index (χ3n) is 4.28. The second-order valence-corrected chi connectivity index (χ2v) is 6.06. The first-order valence-electron chi connectivity index (χ1n) is 7.64. The quantitative estimate of drug-likeness (QED) is 0.898. The van der Waals surface area contributed by atoms with E-state index in [0.29, 0.717) is 6.42 Å². The van der Waals surface area contributed by atoms with E-state index in [1.165, 1.54) is 12.0 Å². The maximum Gasteiger partial charge on any atom is 0.122 e. The monoisotopic (exact) mass is 277 g/mol. The normalized spacial score (nSPS) is 19.0. The summed E-state index contributed by atoms with van der Waals surface area (Å²) in [5.41, 5.74) is 1.76. The largest absolute Gasteiger partial charge is 0.496 e. The Morgan fingerprint density at radius 3 is 2.60 bits per heavy atom. The number of aliphatic hydroxyl groups is 1. The van der Waals surface area contributed by atoms with E-state index in [-0.39, 0.29) is 0 Å². The number of hydrogen-bond acceptors (Lipinski definition) is 3. The van der Waals surface area contributed by atoms with Gasteiger partial charge in [-0.1, -0.05) is 24.6 Å². The van der Waals surface area contributed by atoms with Crippen LogP contribution in [0.1, 0.15) is 37.3 Å². The van der Waals surface area contributed by atoms with Gasteiger partial charge in [-0.2, -0.15) is 0 Å². The minimum Gasteiger partial charge on any atom is -0.496 e. The molecule has 112 valence electrons. The third-order valence-corrected chi connectivity index (χ3v) is 4.28. The molecule has 0 unspecified atom stereocenters. The highest BCUT2D eigenvalue weighted by atomic mass is 16.5. The molecule has 0 aliphatic carbocycles. The molecule has 1 N–H and O–H groups in total. The zero-order valence-corrected chi connectivity index (χ0v) is 13.0. The Balaban J connectivity index is 2.04. The molecular weight excluding hydrogens is 250 g/mol. The molecule has 3 heteroatoms. The van der Waals surface area contributed by atoms with Crippen LogP contribution >= 0.6 is 0 Å². The molecule has 0 atom stereocenters. The van der Waals surface area contributed by atoms with Crippen LogP contribution in [0.25, 0.3) is 0 Å². The van der Waals surface area contributed by atoms with E-state index < -0.39 is 5.60 Å². The van der Waals surface area contributed by atoms with Crippen LogP contribution < -0.4 is 4.74 Å². The Kier molecular flexibility index (Phi) is 5.06. The van der Waals surface area contributed by atoms with Gasteiger partial charge in [0.05, 0.1) is 12.7 Å². The lowest BCUT2D eigenvalue weighted by molar-refractivity contribution is -0.0208. The summed E-state index contributed by atoms with van der Waals surface area (Å²) in [6, 6.07) is 6.19. The first kappa shape index (κ1) is 15.3. The van der Waals surface area contributed by atoms with Crippen LogP contribution in [0.15, 0.2) is 18.2 Å². The van der Waals surface area contributed by atoms with E-state index in [0.717, 1.165) is 43.8 Å². The van der Waals surface area contributed by atoms with E-state index in [4.69, 9.17) is 4.74 Å². The molecule has 1 fully saturated rings. The van der Waals surface area contributed by atoms with Crippen molar-refractivity contribution in [2.75, 3.05) is 26.7 Å². The summed E-state index contributed by atoms with van der Waals surface area (Å²) in [6.07, 6.45) is 3.58. The van der Waals surface area contributed by atoms with E-state index >= 15 is 0 Å². The summed E-state index contributed by atoms with van der Waals surface area (Å²) in [6.45, 7) is 7.43. The van der Waals surface area contributed by atoms with Crippen molar-refractivity contribution in [3.05, 3.63) is 29.3 Å². The zero-order valence-electron chi connectivity index (χ0n) is 13.0. The van der Waals surface area contributed by atoms with Crippen molar-refractivity contribution in [1.82, 2.24) is 4.90 Å². The topological polar surface area (TPSA) is 32.7 Å². The number of hydrogen-bond donors (Lipinski definition) is 1. The van der Waals surface area contributed by atoms with E-state index in [1.54, 1.807) is 7.11 Å². The third kappa shape index (κ3) is 3.74. The predicted molar refractivity (Wildman–Crippen MR) is 82.3 cm³/mol. The molecule has 1 saturated heterocycles. The lowest BCUT2D eigenvalue weighted by Gasteiger charge is -2.38. The van der Waals surface area contributed by atoms with Crippen LogP contribution in [0.5, 0.6) is 5.75 Å². The highest BCUT2D eigenvalue weighted by molar-refractivity contribution is 5.38. The SMILES string of the molecule is CCCN1CCC(O)(Cc2cc(C)ccc2OC)CC1. The fourth-order valence-corrected chi connectivity index (χ4v) is 3.09. The second kappa shape index (κ2) is 6.59. The second-order valence-electron chi connectivity index (χ2n) is 6.06. The molecule has 0 saturated carbocycles. The van der Waals surface area contributed by atoms with Crippen molar-refractivity contribution in [3.8, 4) is 5.75 Å². The minimum absolute atomic E-state index is 0.578. The molecule has 3 nitrogen and oxygen atoms in total. The Morgan fingerprint density at radius 2 is 2.00 bits per heavy atom. The van der Waals surface area contributed by atoms with Gasteiger partial charge in [0.1, 0.15) is 5.75 Å². The van der Waals surface area contributed by atoms with Gasteiger partial charge in [-0.3, -0.25) is 0 Å². The van der Waals surface area contributed by atoms with Gasteiger partial charge in [0.2, 0.25) is 0 Å². The molecule has 0 spiro atoms. The van der Waals surface area contributed by atoms with Gasteiger partial charge in [-0.25, -0.2) is 0 Å². The van der Waals surface area contributed by atoms with E-state index in [9.17, 15) is 5.11 Å². The molecule has 1 aromatic carbocycles. The average Bonchev–Trinajstić information content (AvgIpc) is 2.42. The van der Waals surface area contributed by atoms with Gasteiger partial charge in [0, 0.05) is 19.5 Å². The van der Waals surface area contributed by atoms with Crippen LogP contribution in [0.4, 0.5) is 0 Å². The minimum atomic E-state index is -0.578.